The van der Waals surface area contributed by atoms with Crippen molar-refractivity contribution in [1.82, 2.24) is 10.3 Å². The highest BCUT2D eigenvalue weighted by Gasteiger charge is 2.15. The van der Waals surface area contributed by atoms with Crippen LogP contribution in [-0.2, 0) is 11.3 Å². The number of carbonyl (C=O) groups excluding carboxylic acids is 1. The molecule has 3 rings (SSSR count). The molecule has 0 radical (unpaired) electrons. The summed E-state index contributed by atoms with van der Waals surface area (Å²) in [5.41, 5.74) is 4.26. The van der Waals surface area contributed by atoms with Crippen LogP contribution in [-0.4, -0.2) is 10.9 Å². The number of carbonyl (C=O) groups is 1. The molecule has 1 heterocycles. The summed E-state index contributed by atoms with van der Waals surface area (Å²) in [6, 6.07) is 21.9. The summed E-state index contributed by atoms with van der Waals surface area (Å²) in [6.07, 6.45) is 3.60. The van der Waals surface area contributed by atoms with Crippen LogP contribution in [0.25, 0.3) is 11.1 Å². The zero-order valence-corrected chi connectivity index (χ0v) is 13.6. The monoisotopic (exact) mass is 316 g/mol. The van der Waals surface area contributed by atoms with Gasteiger partial charge in [-0.2, -0.15) is 0 Å². The average Bonchev–Trinajstić information content (AvgIpc) is 2.67. The van der Waals surface area contributed by atoms with Crippen LogP contribution >= 0.6 is 0 Å². The Kier molecular flexibility index (Phi) is 5.02. The second kappa shape index (κ2) is 7.55. The highest BCUT2D eigenvalue weighted by molar-refractivity contribution is 5.83. The first kappa shape index (κ1) is 15.9. The van der Waals surface area contributed by atoms with Crippen LogP contribution in [0.1, 0.15) is 24.0 Å². The fourth-order valence-electron chi connectivity index (χ4n) is 2.71. The maximum atomic E-state index is 12.4. The van der Waals surface area contributed by atoms with Gasteiger partial charge >= 0.3 is 0 Å². The van der Waals surface area contributed by atoms with E-state index in [-0.39, 0.29) is 11.8 Å². The second-order valence-electron chi connectivity index (χ2n) is 5.75. The van der Waals surface area contributed by atoms with Crippen LogP contribution < -0.4 is 5.32 Å². The number of nitrogens with one attached hydrogen (secondary N) is 1. The molecule has 0 saturated carbocycles. The summed E-state index contributed by atoms with van der Waals surface area (Å²) in [6.45, 7) is 2.43. The number of rotatable bonds is 5. The minimum Gasteiger partial charge on any atom is -0.351 e. The van der Waals surface area contributed by atoms with Crippen molar-refractivity contribution in [2.24, 2.45) is 0 Å². The van der Waals surface area contributed by atoms with Crippen molar-refractivity contribution in [2.45, 2.75) is 19.4 Å². The van der Waals surface area contributed by atoms with Crippen LogP contribution in [0.2, 0.25) is 0 Å². The molecule has 0 spiro atoms. The first-order valence-electron chi connectivity index (χ1n) is 8.06. The van der Waals surface area contributed by atoms with Gasteiger partial charge in [0.2, 0.25) is 5.91 Å². The van der Waals surface area contributed by atoms with Crippen molar-refractivity contribution in [3.63, 3.8) is 0 Å². The minimum absolute atomic E-state index is 0.0298. The van der Waals surface area contributed by atoms with Gasteiger partial charge in [-0.25, -0.2) is 0 Å². The third-order valence-electron chi connectivity index (χ3n) is 4.14. The summed E-state index contributed by atoms with van der Waals surface area (Å²) >= 11 is 0. The first-order valence-corrected chi connectivity index (χ1v) is 8.06. The molecule has 1 atom stereocenters. The third kappa shape index (κ3) is 3.69. The van der Waals surface area contributed by atoms with Crippen molar-refractivity contribution in [3.05, 3.63) is 90.3 Å². The summed E-state index contributed by atoms with van der Waals surface area (Å²) in [4.78, 5) is 16.6. The smallest absolute Gasteiger partial charge is 0.227 e. The van der Waals surface area contributed by atoms with Gasteiger partial charge in [-0.15, -0.1) is 0 Å². The van der Waals surface area contributed by atoms with Crippen molar-refractivity contribution in [1.29, 1.82) is 0 Å². The number of hydrogen-bond acceptors (Lipinski definition) is 2. The highest BCUT2D eigenvalue weighted by Crippen LogP contribution is 2.23. The molecule has 0 aliphatic rings. The number of nitrogens with zero attached hydrogens (tertiary/aromatic N) is 1. The number of hydrogen-bond donors (Lipinski definition) is 1. The van der Waals surface area contributed by atoms with E-state index in [1.165, 1.54) is 0 Å². The van der Waals surface area contributed by atoms with Gasteiger partial charge in [0.1, 0.15) is 0 Å². The molecule has 0 aliphatic carbocycles. The molecule has 2 aromatic carbocycles. The fourth-order valence-corrected chi connectivity index (χ4v) is 2.71. The minimum atomic E-state index is -0.170. The predicted octanol–water partition coefficient (Wildman–Crippen LogP) is 4.17. The SMILES string of the molecule is C[C@@H](C(=O)NCc1ccccc1-c1cccnc1)c1ccccc1. The zero-order chi connectivity index (χ0) is 16.8. The number of benzene rings is 2. The Morgan fingerprint density at radius 3 is 2.50 bits per heavy atom. The van der Waals surface area contributed by atoms with E-state index in [2.05, 4.69) is 16.4 Å². The van der Waals surface area contributed by atoms with Crippen molar-refractivity contribution in [3.8, 4) is 11.1 Å². The van der Waals surface area contributed by atoms with Gasteiger partial charge in [0.05, 0.1) is 5.92 Å². The van der Waals surface area contributed by atoms with Gasteiger partial charge in [-0.3, -0.25) is 9.78 Å². The molecule has 0 aliphatic heterocycles. The topological polar surface area (TPSA) is 42.0 Å². The lowest BCUT2D eigenvalue weighted by atomic mass is 9.99. The normalized spacial score (nSPS) is 11.7. The Hall–Kier alpha value is -2.94. The van der Waals surface area contributed by atoms with Crippen LogP contribution in [0.4, 0.5) is 0 Å². The van der Waals surface area contributed by atoms with Gasteiger partial charge in [0.25, 0.3) is 0 Å². The maximum absolute atomic E-state index is 12.4. The molecule has 0 bridgehead atoms. The molecule has 0 unspecified atom stereocenters. The van der Waals surface area contributed by atoms with Gasteiger partial charge < -0.3 is 5.32 Å². The molecule has 1 aromatic heterocycles. The molecular formula is C21H20N2O. The van der Waals surface area contributed by atoms with Gasteiger partial charge in [-0.05, 0) is 29.7 Å². The van der Waals surface area contributed by atoms with E-state index < -0.39 is 0 Å². The lowest BCUT2D eigenvalue weighted by Crippen LogP contribution is -2.27. The van der Waals surface area contributed by atoms with Gasteiger partial charge in [-0.1, -0.05) is 60.7 Å². The van der Waals surface area contributed by atoms with E-state index in [1.807, 2.05) is 73.8 Å². The van der Waals surface area contributed by atoms with E-state index in [0.29, 0.717) is 6.54 Å². The summed E-state index contributed by atoms with van der Waals surface area (Å²) in [7, 11) is 0. The lowest BCUT2D eigenvalue weighted by molar-refractivity contribution is -0.122. The van der Waals surface area contributed by atoms with Crippen LogP contribution in [0.3, 0.4) is 0 Å². The Morgan fingerprint density at radius 2 is 1.75 bits per heavy atom. The number of pyridine rings is 1. The average molecular weight is 316 g/mol. The molecule has 120 valence electrons. The molecule has 0 saturated heterocycles. The van der Waals surface area contributed by atoms with Crippen LogP contribution in [0, 0.1) is 0 Å². The van der Waals surface area contributed by atoms with Crippen molar-refractivity contribution < 1.29 is 4.79 Å². The molecule has 1 amide bonds. The van der Waals surface area contributed by atoms with E-state index in [9.17, 15) is 4.79 Å². The molecule has 3 aromatic rings. The van der Waals surface area contributed by atoms with Crippen molar-refractivity contribution >= 4 is 5.91 Å². The fraction of sp³-hybridized carbons (Fsp3) is 0.143. The number of amides is 1. The van der Waals surface area contributed by atoms with E-state index in [1.54, 1.807) is 6.20 Å². The Labute approximate surface area is 142 Å². The number of aromatic nitrogens is 1. The predicted molar refractivity (Wildman–Crippen MR) is 96.4 cm³/mol. The zero-order valence-electron chi connectivity index (χ0n) is 13.6. The highest BCUT2D eigenvalue weighted by atomic mass is 16.1. The van der Waals surface area contributed by atoms with E-state index in [0.717, 1.165) is 22.3 Å². The molecule has 3 heteroatoms. The standard InChI is InChI=1S/C21H20N2O/c1-16(17-8-3-2-4-9-17)21(24)23-15-19-10-5-6-12-20(19)18-11-7-13-22-14-18/h2-14,16H,15H2,1H3,(H,23,24)/t16-/m1/s1. The Balaban J connectivity index is 1.72. The molecule has 1 N–H and O–H groups in total. The largest absolute Gasteiger partial charge is 0.351 e. The van der Waals surface area contributed by atoms with E-state index in [4.69, 9.17) is 0 Å². The first-order chi connectivity index (χ1) is 11.8. The second-order valence-corrected chi connectivity index (χ2v) is 5.75. The molecule has 0 fully saturated rings. The Bertz CT molecular complexity index is 800. The maximum Gasteiger partial charge on any atom is 0.227 e. The van der Waals surface area contributed by atoms with Crippen LogP contribution in [0.5, 0.6) is 0 Å². The summed E-state index contributed by atoms with van der Waals surface area (Å²) in [5, 5.41) is 3.05. The van der Waals surface area contributed by atoms with Crippen molar-refractivity contribution in [2.75, 3.05) is 0 Å². The quantitative estimate of drug-likeness (QED) is 0.767. The summed E-state index contributed by atoms with van der Waals surface area (Å²) in [5.74, 6) is -0.140. The van der Waals surface area contributed by atoms with Gasteiger partial charge in [0.15, 0.2) is 0 Å². The van der Waals surface area contributed by atoms with Crippen LogP contribution in [0.15, 0.2) is 79.1 Å². The molecular weight excluding hydrogens is 296 g/mol. The Morgan fingerprint density at radius 1 is 1.00 bits per heavy atom. The lowest BCUT2D eigenvalue weighted by Gasteiger charge is -2.14. The summed E-state index contributed by atoms with van der Waals surface area (Å²) < 4.78 is 0. The molecule has 24 heavy (non-hydrogen) atoms. The van der Waals surface area contributed by atoms with E-state index >= 15 is 0 Å². The van der Waals surface area contributed by atoms with Gasteiger partial charge in [0, 0.05) is 24.5 Å². The molecule has 3 nitrogen and oxygen atoms in total. The third-order valence-corrected chi connectivity index (χ3v) is 4.14.